The Balaban J connectivity index is 1.81. The number of methoxy groups -OCH3 is 2. The molecule has 2 aliphatic rings. The summed E-state index contributed by atoms with van der Waals surface area (Å²) in [6, 6.07) is 8.17. The molecule has 2 aromatic rings. The summed E-state index contributed by atoms with van der Waals surface area (Å²) >= 11 is 1.78. The molecule has 0 spiro atoms. The van der Waals surface area contributed by atoms with Crippen molar-refractivity contribution in [3.8, 4) is 29.0 Å². The molecule has 1 fully saturated rings. The predicted molar refractivity (Wildman–Crippen MR) is 105 cm³/mol. The third-order valence-corrected chi connectivity index (χ3v) is 6.80. The molecule has 0 saturated heterocycles. The van der Waals surface area contributed by atoms with Gasteiger partial charge in [0, 0.05) is 11.2 Å². The molecule has 1 aliphatic heterocycles. The molecule has 27 heavy (non-hydrogen) atoms. The maximum atomic E-state index is 9.88. The van der Waals surface area contributed by atoms with Crippen molar-refractivity contribution in [2.24, 2.45) is 5.92 Å². The van der Waals surface area contributed by atoms with Crippen molar-refractivity contribution in [1.82, 2.24) is 14.8 Å². The van der Waals surface area contributed by atoms with Crippen molar-refractivity contribution in [1.29, 1.82) is 5.26 Å². The Morgan fingerprint density at radius 2 is 2.04 bits per heavy atom. The van der Waals surface area contributed by atoms with E-state index in [2.05, 4.69) is 16.2 Å². The van der Waals surface area contributed by atoms with E-state index in [0.717, 1.165) is 29.0 Å². The molecule has 1 aromatic carbocycles. The van der Waals surface area contributed by atoms with Crippen molar-refractivity contribution in [3.05, 3.63) is 30.1 Å². The Kier molecular flexibility index (Phi) is 5.08. The fourth-order valence-electron chi connectivity index (χ4n) is 4.04. The number of fused-ring (bicyclic) bond motifs is 1. The van der Waals surface area contributed by atoms with Crippen LogP contribution in [0.3, 0.4) is 0 Å². The first-order chi connectivity index (χ1) is 13.3. The summed E-state index contributed by atoms with van der Waals surface area (Å²) in [6.45, 7) is 0. The van der Waals surface area contributed by atoms with Crippen LogP contribution < -0.4 is 9.47 Å². The van der Waals surface area contributed by atoms with Gasteiger partial charge < -0.3 is 9.47 Å². The van der Waals surface area contributed by atoms with Gasteiger partial charge >= 0.3 is 0 Å². The number of rotatable bonds is 4. The molecule has 6 nitrogen and oxygen atoms in total. The third kappa shape index (κ3) is 3.08. The largest absolute Gasteiger partial charge is 0.493 e. The fourth-order valence-corrected chi connectivity index (χ4v) is 5.61. The number of ether oxygens (including phenoxy) is 2. The number of para-hydroxylation sites is 1. The van der Waals surface area contributed by atoms with Gasteiger partial charge in [-0.05, 0) is 25.0 Å². The van der Waals surface area contributed by atoms with E-state index in [9.17, 15) is 5.26 Å². The van der Waals surface area contributed by atoms with E-state index in [1.54, 1.807) is 30.7 Å². The minimum atomic E-state index is 0.321. The highest BCUT2D eigenvalue weighted by Crippen LogP contribution is 2.50. The second-order valence-corrected chi connectivity index (χ2v) is 8.00. The maximum absolute atomic E-state index is 9.88. The molecule has 1 aliphatic carbocycles. The lowest BCUT2D eigenvalue weighted by atomic mass is 9.93. The summed E-state index contributed by atoms with van der Waals surface area (Å²) in [5.74, 6) is 2.24. The van der Waals surface area contributed by atoms with E-state index in [0.29, 0.717) is 28.5 Å². The van der Waals surface area contributed by atoms with Gasteiger partial charge in [0.05, 0.1) is 31.4 Å². The first-order valence-corrected chi connectivity index (χ1v) is 10.1. The second-order valence-electron chi connectivity index (χ2n) is 6.77. The summed E-state index contributed by atoms with van der Waals surface area (Å²) in [5, 5.41) is 15.7. The van der Waals surface area contributed by atoms with Crippen molar-refractivity contribution in [2.75, 3.05) is 14.2 Å². The van der Waals surface area contributed by atoms with Crippen LogP contribution in [0.1, 0.15) is 32.1 Å². The standard InChI is InChI=1S/C20H22N4O2S/c1-25-16-9-6-8-14(18(16)26-2)19-22-12-23-24(19)20-15(11-21)13-7-4-3-5-10-17(13)27-20/h6,8-9,12-13,17H,3-5,7,10H2,1-2H3/t13-,17+/m1/s1. The summed E-state index contributed by atoms with van der Waals surface area (Å²) in [7, 11) is 3.23. The quantitative estimate of drug-likeness (QED) is 0.783. The molecular formula is C20H22N4O2S. The SMILES string of the molecule is COc1cccc(-c2ncnn2C2=C(C#N)[C@H]3CCCCC[C@@H]3S2)c1OC. The molecule has 1 saturated carbocycles. The fraction of sp³-hybridized carbons (Fsp3) is 0.450. The number of nitriles is 1. The van der Waals surface area contributed by atoms with Crippen molar-refractivity contribution in [3.63, 3.8) is 0 Å². The molecule has 1 aromatic heterocycles. The van der Waals surface area contributed by atoms with Crippen LogP contribution in [0.15, 0.2) is 30.1 Å². The number of aromatic nitrogens is 3. The topological polar surface area (TPSA) is 73.0 Å². The van der Waals surface area contributed by atoms with Crippen LogP contribution in [0.4, 0.5) is 0 Å². The van der Waals surface area contributed by atoms with Gasteiger partial charge in [-0.3, -0.25) is 0 Å². The molecule has 2 atom stereocenters. The van der Waals surface area contributed by atoms with E-state index < -0.39 is 0 Å². The molecule has 0 amide bonds. The average molecular weight is 382 g/mol. The van der Waals surface area contributed by atoms with Gasteiger partial charge in [-0.15, -0.1) is 11.8 Å². The third-order valence-electron chi connectivity index (χ3n) is 5.32. The Bertz CT molecular complexity index is 915. The highest BCUT2D eigenvalue weighted by atomic mass is 32.2. The zero-order chi connectivity index (χ0) is 18.8. The van der Waals surface area contributed by atoms with Crippen molar-refractivity contribution < 1.29 is 9.47 Å². The number of thioether (sulfide) groups is 1. The Morgan fingerprint density at radius 3 is 2.81 bits per heavy atom. The molecule has 0 N–H and O–H groups in total. The lowest BCUT2D eigenvalue weighted by Gasteiger charge is -2.15. The number of hydrogen-bond acceptors (Lipinski definition) is 6. The van der Waals surface area contributed by atoms with E-state index in [1.165, 1.54) is 25.6 Å². The number of allylic oxidation sites excluding steroid dienone is 1. The van der Waals surface area contributed by atoms with Crippen LogP contribution in [0.5, 0.6) is 11.5 Å². The zero-order valence-electron chi connectivity index (χ0n) is 15.5. The molecule has 0 radical (unpaired) electrons. The van der Waals surface area contributed by atoms with Gasteiger partial charge in [-0.1, -0.05) is 25.3 Å². The highest BCUT2D eigenvalue weighted by molar-refractivity contribution is 8.08. The van der Waals surface area contributed by atoms with Crippen molar-refractivity contribution >= 4 is 16.8 Å². The molecule has 0 unspecified atom stereocenters. The van der Waals surface area contributed by atoms with Crippen LogP contribution in [0.2, 0.25) is 0 Å². The molecular weight excluding hydrogens is 360 g/mol. The minimum absolute atomic E-state index is 0.321. The lowest BCUT2D eigenvalue weighted by molar-refractivity contribution is 0.356. The van der Waals surface area contributed by atoms with E-state index in [4.69, 9.17) is 9.47 Å². The monoisotopic (exact) mass is 382 g/mol. The molecule has 2 heterocycles. The summed E-state index contributed by atoms with van der Waals surface area (Å²) in [5.41, 5.74) is 1.65. The number of hydrogen-bond donors (Lipinski definition) is 0. The van der Waals surface area contributed by atoms with E-state index in [-0.39, 0.29) is 0 Å². The van der Waals surface area contributed by atoms with Crippen molar-refractivity contribution in [2.45, 2.75) is 37.4 Å². The predicted octanol–water partition coefficient (Wildman–Crippen LogP) is 4.35. The first kappa shape index (κ1) is 17.9. The van der Waals surface area contributed by atoms with Gasteiger partial charge in [0.2, 0.25) is 0 Å². The van der Waals surface area contributed by atoms with Crippen LogP contribution in [0.25, 0.3) is 16.4 Å². The average Bonchev–Trinajstić information content (AvgIpc) is 3.25. The summed E-state index contributed by atoms with van der Waals surface area (Å²) in [4.78, 5) is 4.48. The first-order valence-electron chi connectivity index (χ1n) is 9.21. The van der Waals surface area contributed by atoms with E-state index in [1.807, 2.05) is 18.2 Å². The lowest BCUT2D eigenvalue weighted by Crippen LogP contribution is -2.12. The van der Waals surface area contributed by atoms with Crippen LogP contribution in [-0.4, -0.2) is 34.2 Å². The Labute approximate surface area is 163 Å². The molecule has 140 valence electrons. The maximum Gasteiger partial charge on any atom is 0.171 e. The van der Waals surface area contributed by atoms with Gasteiger partial charge in [-0.25, -0.2) is 9.67 Å². The van der Waals surface area contributed by atoms with Gasteiger partial charge in [0.25, 0.3) is 0 Å². The normalized spacial score (nSPS) is 22.1. The van der Waals surface area contributed by atoms with Crippen LogP contribution >= 0.6 is 11.8 Å². The summed E-state index contributed by atoms with van der Waals surface area (Å²) < 4.78 is 12.8. The molecule has 4 rings (SSSR count). The number of nitrogens with zero attached hydrogens (tertiary/aromatic N) is 4. The van der Waals surface area contributed by atoms with Gasteiger partial charge in [0.1, 0.15) is 11.4 Å². The molecule has 0 bridgehead atoms. The smallest absolute Gasteiger partial charge is 0.171 e. The van der Waals surface area contributed by atoms with Gasteiger partial charge in [-0.2, -0.15) is 10.4 Å². The molecule has 7 heteroatoms. The summed E-state index contributed by atoms with van der Waals surface area (Å²) in [6.07, 6.45) is 7.44. The Morgan fingerprint density at radius 1 is 1.19 bits per heavy atom. The zero-order valence-corrected chi connectivity index (χ0v) is 16.3. The van der Waals surface area contributed by atoms with Crippen LogP contribution in [0, 0.1) is 17.2 Å². The van der Waals surface area contributed by atoms with E-state index >= 15 is 0 Å². The number of benzene rings is 1. The minimum Gasteiger partial charge on any atom is -0.493 e. The Hall–Kier alpha value is -2.46. The highest BCUT2D eigenvalue weighted by Gasteiger charge is 2.38. The van der Waals surface area contributed by atoms with Crippen LogP contribution in [-0.2, 0) is 0 Å². The van der Waals surface area contributed by atoms with Gasteiger partial charge in [0.15, 0.2) is 17.3 Å². The second kappa shape index (κ2) is 7.65.